The first kappa shape index (κ1) is 16.6. The number of carbonyl (C=O) groups excluding carboxylic acids is 1. The van der Waals surface area contributed by atoms with Gasteiger partial charge in [-0.15, -0.1) is 5.10 Å². The minimum Gasteiger partial charge on any atom is -0.365 e. The van der Waals surface area contributed by atoms with Crippen molar-refractivity contribution in [3.05, 3.63) is 33.7 Å². The predicted octanol–water partition coefficient (Wildman–Crippen LogP) is 1.07. The molecule has 0 aromatic carbocycles. The molecule has 0 bridgehead atoms. The zero-order chi connectivity index (χ0) is 17.3. The highest BCUT2D eigenvalue weighted by Gasteiger charge is 2.25. The fourth-order valence-corrected chi connectivity index (χ4v) is 2.90. The zero-order valence-electron chi connectivity index (χ0n) is 13.5. The van der Waals surface area contributed by atoms with E-state index in [0.29, 0.717) is 30.4 Å². The molecule has 3 rings (SSSR count). The summed E-state index contributed by atoms with van der Waals surface area (Å²) in [6.45, 7) is 6.51. The second-order valence-corrected chi connectivity index (χ2v) is 6.56. The van der Waals surface area contributed by atoms with Gasteiger partial charge in [0.2, 0.25) is 5.95 Å². The van der Waals surface area contributed by atoms with Crippen molar-refractivity contribution < 1.29 is 4.79 Å². The first-order valence-corrected chi connectivity index (χ1v) is 8.38. The average Bonchev–Trinajstić information content (AvgIpc) is 2.58. The van der Waals surface area contributed by atoms with Gasteiger partial charge in [-0.05, 0) is 35.3 Å². The molecule has 8 nitrogen and oxygen atoms in total. The van der Waals surface area contributed by atoms with Crippen LogP contribution in [0.4, 0.5) is 11.8 Å². The molecule has 0 saturated carbocycles. The highest BCUT2D eigenvalue weighted by molar-refractivity contribution is 9.10. The number of rotatable bonds is 3. The van der Waals surface area contributed by atoms with Gasteiger partial charge in [-0.1, -0.05) is 0 Å². The van der Waals surface area contributed by atoms with Crippen molar-refractivity contribution in [1.29, 1.82) is 0 Å². The van der Waals surface area contributed by atoms with Crippen molar-refractivity contribution in [1.82, 2.24) is 20.2 Å². The lowest BCUT2D eigenvalue weighted by Crippen LogP contribution is -2.48. The maximum atomic E-state index is 11.8. The molecule has 2 N–H and O–H groups in total. The SMILES string of the molecule is Cc1nnc(N2CCN(c3ncc(Br)cn3)CC2)c(C(N)=O)c1C. The van der Waals surface area contributed by atoms with Crippen LogP contribution in [0.25, 0.3) is 0 Å². The highest BCUT2D eigenvalue weighted by Crippen LogP contribution is 2.23. The zero-order valence-corrected chi connectivity index (χ0v) is 15.1. The molecule has 0 radical (unpaired) electrons. The third-order valence-corrected chi connectivity index (χ3v) is 4.56. The molecule has 3 heterocycles. The summed E-state index contributed by atoms with van der Waals surface area (Å²) in [5.74, 6) is 0.778. The Morgan fingerprint density at radius 3 is 2.25 bits per heavy atom. The van der Waals surface area contributed by atoms with Crippen molar-refractivity contribution in [2.24, 2.45) is 5.73 Å². The summed E-state index contributed by atoms with van der Waals surface area (Å²) in [6.07, 6.45) is 3.46. The topological polar surface area (TPSA) is 101 Å². The van der Waals surface area contributed by atoms with E-state index in [2.05, 4.69) is 41.0 Å². The van der Waals surface area contributed by atoms with E-state index >= 15 is 0 Å². The Kier molecular flexibility index (Phi) is 4.61. The lowest BCUT2D eigenvalue weighted by molar-refractivity contribution is 0.0999. The summed E-state index contributed by atoms with van der Waals surface area (Å²) in [5, 5.41) is 8.35. The standard InChI is InChI=1S/C15H18BrN7O/c1-9-10(2)20-21-14(12(9)13(17)24)22-3-5-23(6-4-22)15-18-7-11(16)8-19-15/h7-8H,3-6H2,1-2H3,(H2,17,24). The molecule has 0 spiro atoms. The third kappa shape index (κ3) is 3.16. The Hall–Kier alpha value is -2.29. The van der Waals surface area contributed by atoms with Crippen molar-refractivity contribution >= 4 is 33.6 Å². The molecule has 0 aliphatic carbocycles. The number of primary amides is 1. The number of piperazine rings is 1. The van der Waals surface area contributed by atoms with Crippen LogP contribution in [-0.4, -0.2) is 52.3 Å². The number of nitrogens with two attached hydrogens (primary N) is 1. The van der Waals surface area contributed by atoms with E-state index in [1.165, 1.54) is 0 Å². The van der Waals surface area contributed by atoms with Crippen LogP contribution in [0.1, 0.15) is 21.6 Å². The van der Waals surface area contributed by atoms with Crippen LogP contribution in [-0.2, 0) is 0 Å². The number of anilines is 2. The molecule has 1 aliphatic rings. The Bertz CT molecular complexity index is 757. The maximum absolute atomic E-state index is 11.8. The van der Waals surface area contributed by atoms with Crippen LogP contribution in [0.2, 0.25) is 0 Å². The lowest BCUT2D eigenvalue weighted by atomic mass is 10.1. The minimum absolute atomic E-state index is 0.454. The lowest BCUT2D eigenvalue weighted by Gasteiger charge is -2.35. The molecule has 2 aromatic rings. The molecule has 0 atom stereocenters. The summed E-state index contributed by atoms with van der Waals surface area (Å²) in [6, 6.07) is 0. The van der Waals surface area contributed by atoms with Crippen LogP contribution < -0.4 is 15.5 Å². The molecular weight excluding hydrogens is 374 g/mol. The van der Waals surface area contributed by atoms with E-state index in [9.17, 15) is 4.79 Å². The van der Waals surface area contributed by atoms with Crippen LogP contribution in [0.3, 0.4) is 0 Å². The van der Waals surface area contributed by atoms with E-state index in [4.69, 9.17) is 5.73 Å². The number of carbonyl (C=O) groups is 1. The van der Waals surface area contributed by atoms with Crippen molar-refractivity contribution in [3.63, 3.8) is 0 Å². The molecule has 9 heteroatoms. The molecule has 126 valence electrons. The van der Waals surface area contributed by atoms with Gasteiger partial charge >= 0.3 is 0 Å². The minimum atomic E-state index is -0.473. The number of amides is 1. The van der Waals surface area contributed by atoms with Crippen LogP contribution in [0.5, 0.6) is 0 Å². The number of hydrogen-bond donors (Lipinski definition) is 1. The highest BCUT2D eigenvalue weighted by atomic mass is 79.9. The van der Waals surface area contributed by atoms with Crippen molar-refractivity contribution in [2.45, 2.75) is 13.8 Å². The fraction of sp³-hybridized carbons (Fsp3) is 0.400. The maximum Gasteiger partial charge on any atom is 0.252 e. The first-order valence-electron chi connectivity index (χ1n) is 7.58. The van der Waals surface area contributed by atoms with Gasteiger partial charge < -0.3 is 15.5 Å². The molecule has 1 aliphatic heterocycles. The van der Waals surface area contributed by atoms with Gasteiger partial charge in [-0.25, -0.2) is 9.97 Å². The van der Waals surface area contributed by atoms with E-state index < -0.39 is 5.91 Å². The Morgan fingerprint density at radius 1 is 1.08 bits per heavy atom. The Balaban J connectivity index is 1.79. The molecule has 1 saturated heterocycles. The number of aromatic nitrogens is 4. The Labute approximate surface area is 148 Å². The van der Waals surface area contributed by atoms with Crippen LogP contribution in [0.15, 0.2) is 16.9 Å². The Morgan fingerprint density at radius 2 is 1.67 bits per heavy atom. The molecule has 24 heavy (non-hydrogen) atoms. The van der Waals surface area contributed by atoms with E-state index in [1.54, 1.807) is 12.4 Å². The average molecular weight is 392 g/mol. The molecule has 1 amide bonds. The summed E-state index contributed by atoms with van der Waals surface area (Å²) >= 11 is 3.33. The normalized spacial score (nSPS) is 14.8. The largest absolute Gasteiger partial charge is 0.365 e. The van der Waals surface area contributed by atoms with E-state index in [-0.39, 0.29) is 0 Å². The number of nitrogens with zero attached hydrogens (tertiary/aromatic N) is 6. The van der Waals surface area contributed by atoms with Crippen LogP contribution >= 0.6 is 15.9 Å². The molecule has 2 aromatic heterocycles. The molecule has 0 unspecified atom stereocenters. The summed E-state index contributed by atoms with van der Waals surface area (Å²) in [4.78, 5) is 24.6. The number of hydrogen-bond acceptors (Lipinski definition) is 7. The summed E-state index contributed by atoms with van der Waals surface area (Å²) in [5.41, 5.74) is 7.51. The van der Waals surface area contributed by atoms with Gasteiger partial charge in [0.25, 0.3) is 5.91 Å². The van der Waals surface area contributed by atoms with Gasteiger partial charge in [0.05, 0.1) is 15.7 Å². The third-order valence-electron chi connectivity index (χ3n) is 4.15. The monoisotopic (exact) mass is 391 g/mol. The second kappa shape index (κ2) is 6.68. The van der Waals surface area contributed by atoms with Crippen molar-refractivity contribution in [3.8, 4) is 0 Å². The first-order chi connectivity index (χ1) is 11.5. The number of halogens is 1. The smallest absolute Gasteiger partial charge is 0.252 e. The predicted molar refractivity (Wildman–Crippen MR) is 94.2 cm³/mol. The quantitative estimate of drug-likeness (QED) is 0.834. The molecular formula is C15H18BrN7O. The van der Waals surface area contributed by atoms with Crippen molar-refractivity contribution in [2.75, 3.05) is 36.0 Å². The van der Waals surface area contributed by atoms with Gasteiger partial charge in [0, 0.05) is 38.6 Å². The number of aryl methyl sites for hydroxylation is 1. The van der Waals surface area contributed by atoms with Gasteiger partial charge in [-0.2, -0.15) is 5.10 Å². The second-order valence-electron chi connectivity index (χ2n) is 5.65. The van der Waals surface area contributed by atoms with Gasteiger partial charge in [-0.3, -0.25) is 4.79 Å². The van der Waals surface area contributed by atoms with E-state index in [1.807, 2.05) is 18.7 Å². The molecule has 1 fully saturated rings. The fourth-order valence-electron chi connectivity index (χ4n) is 2.70. The van der Waals surface area contributed by atoms with Crippen LogP contribution in [0, 0.1) is 13.8 Å². The van der Waals surface area contributed by atoms with Gasteiger partial charge in [0.15, 0.2) is 5.82 Å². The van der Waals surface area contributed by atoms with E-state index in [0.717, 1.165) is 28.8 Å². The summed E-state index contributed by atoms with van der Waals surface area (Å²) in [7, 11) is 0. The van der Waals surface area contributed by atoms with Gasteiger partial charge in [0.1, 0.15) is 0 Å². The summed E-state index contributed by atoms with van der Waals surface area (Å²) < 4.78 is 0.849.